The van der Waals surface area contributed by atoms with Crippen LogP contribution in [0.2, 0.25) is 0 Å². The highest BCUT2D eigenvalue weighted by atomic mass is 32.2. The summed E-state index contributed by atoms with van der Waals surface area (Å²) in [5, 5.41) is 20.3. The summed E-state index contributed by atoms with van der Waals surface area (Å²) in [6.07, 6.45) is 0.406. The summed E-state index contributed by atoms with van der Waals surface area (Å²) in [6, 6.07) is 0. The van der Waals surface area contributed by atoms with Crippen molar-refractivity contribution in [1.29, 1.82) is 0 Å². The van der Waals surface area contributed by atoms with Gasteiger partial charge in [-0.3, -0.25) is 0 Å². The number of β-amino-alcohol motifs (C(OH)–C–C–N with tert-alkyl or cyclic N) is 1. The lowest BCUT2D eigenvalue weighted by Crippen LogP contribution is -2.72. The van der Waals surface area contributed by atoms with E-state index in [1.165, 1.54) is 4.90 Å². The molecular weight excluding hydrogens is 266 g/mol. The first-order valence-electron chi connectivity index (χ1n) is 6.60. The molecule has 2 saturated heterocycles. The van der Waals surface area contributed by atoms with Gasteiger partial charge in [0, 0.05) is 11.2 Å². The molecule has 0 bridgehead atoms. The van der Waals surface area contributed by atoms with Crippen LogP contribution in [-0.4, -0.2) is 63.6 Å². The van der Waals surface area contributed by atoms with E-state index in [0.29, 0.717) is 0 Å². The second-order valence-electron chi connectivity index (χ2n) is 6.61. The molecule has 2 aliphatic rings. The van der Waals surface area contributed by atoms with E-state index in [9.17, 15) is 15.0 Å². The Balaban J connectivity index is 1.96. The van der Waals surface area contributed by atoms with E-state index in [4.69, 9.17) is 4.74 Å². The fourth-order valence-corrected chi connectivity index (χ4v) is 4.20. The van der Waals surface area contributed by atoms with Gasteiger partial charge in [-0.05, 0) is 32.9 Å². The maximum Gasteiger partial charge on any atom is 0.410 e. The van der Waals surface area contributed by atoms with Gasteiger partial charge in [-0.15, -0.1) is 0 Å². The number of ether oxygens (including phenoxy) is 1. The lowest BCUT2D eigenvalue weighted by molar-refractivity contribution is -0.177. The van der Waals surface area contributed by atoms with Crippen molar-refractivity contribution in [1.82, 2.24) is 4.90 Å². The summed E-state index contributed by atoms with van der Waals surface area (Å²) in [4.78, 5) is 13.4. The first-order chi connectivity index (χ1) is 8.71. The highest BCUT2D eigenvalue weighted by Crippen LogP contribution is 2.48. The van der Waals surface area contributed by atoms with E-state index in [0.717, 1.165) is 17.9 Å². The van der Waals surface area contributed by atoms with Gasteiger partial charge in [0.1, 0.15) is 11.2 Å². The highest BCUT2D eigenvalue weighted by molar-refractivity contribution is 7.99. The minimum absolute atomic E-state index is 0.0291. The van der Waals surface area contributed by atoms with Gasteiger partial charge in [-0.25, -0.2) is 4.79 Å². The zero-order valence-corrected chi connectivity index (χ0v) is 12.6. The van der Waals surface area contributed by atoms with Gasteiger partial charge in [-0.2, -0.15) is 11.8 Å². The van der Waals surface area contributed by atoms with Gasteiger partial charge in [0.15, 0.2) is 0 Å². The summed E-state index contributed by atoms with van der Waals surface area (Å²) in [7, 11) is 0. The van der Waals surface area contributed by atoms with Crippen LogP contribution in [0.15, 0.2) is 0 Å². The quantitative estimate of drug-likeness (QED) is 0.796. The lowest BCUT2D eigenvalue weighted by atomic mass is 9.67. The number of rotatable bonds is 2. The Kier molecular flexibility index (Phi) is 3.79. The summed E-state index contributed by atoms with van der Waals surface area (Å²) >= 11 is 1.75. The van der Waals surface area contributed by atoms with Crippen molar-refractivity contribution in [2.45, 2.75) is 38.4 Å². The fourth-order valence-electron chi connectivity index (χ4n) is 2.62. The SMILES string of the molecule is CC(C)(C)OC(=O)N1CC(O)(C2(CO)CCSC2)C1. The number of carbonyl (C=O) groups excluding carboxylic acids is 1. The van der Waals surface area contributed by atoms with Crippen LogP contribution in [0.25, 0.3) is 0 Å². The first-order valence-corrected chi connectivity index (χ1v) is 7.76. The maximum atomic E-state index is 11.9. The molecule has 0 radical (unpaired) electrons. The Hall–Kier alpha value is -0.460. The molecule has 0 aromatic carbocycles. The molecular formula is C13H23NO4S. The minimum atomic E-state index is -0.970. The smallest absolute Gasteiger partial charge is 0.410 e. The van der Waals surface area contributed by atoms with Gasteiger partial charge in [0.25, 0.3) is 0 Å². The molecule has 1 atom stereocenters. The fraction of sp³-hybridized carbons (Fsp3) is 0.923. The monoisotopic (exact) mass is 289 g/mol. The summed E-state index contributed by atoms with van der Waals surface area (Å²) < 4.78 is 5.27. The van der Waals surface area contributed by atoms with Gasteiger partial charge in [0.2, 0.25) is 0 Å². The third-order valence-electron chi connectivity index (χ3n) is 3.95. The molecule has 2 N–H and O–H groups in total. The van der Waals surface area contributed by atoms with E-state index in [2.05, 4.69) is 0 Å². The molecule has 1 unspecified atom stereocenters. The Bertz CT molecular complexity index is 354. The van der Waals surface area contributed by atoms with E-state index >= 15 is 0 Å². The number of likely N-dealkylation sites (tertiary alicyclic amines) is 1. The maximum absolute atomic E-state index is 11.9. The average Bonchev–Trinajstić information content (AvgIpc) is 2.72. The van der Waals surface area contributed by atoms with Crippen LogP contribution in [0, 0.1) is 5.41 Å². The standard InChI is InChI=1S/C13H23NO4S/c1-11(2,3)18-10(16)14-6-13(17,7-14)12(8-15)4-5-19-9-12/h15,17H,4-9H2,1-3H3. The normalized spacial score (nSPS) is 30.1. The molecule has 0 aromatic rings. The van der Waals surface area contributed by atoms with Gasteiger partial charge < -0.3 is 19.8 Å². The number of aliphatic hydroxyl groups excluding tert-OH is 1. The van der Waals surface area contributed by atoms with E-state index in [1.54, 1.807) is 11.8 Å². The topological polar surface area (TPSA) is 70.0 Å². The Morgan fingerprint density at radius 1 is 1.42 bits per heavy atom. The molecule has 0 saturated carbocycles. The first kappa shape index (κ1) is 14.9. The summed E-state index contributed by atoms with van der Waals surface area (Å²) in [5.74, 6) is 1.71. The number of nitrogens with zero attached hydrogens (tertiary/aromatic N) is 1. The number of thioether (sulfide) groups is 1. The lowest BCUT2D eigenvalue weighted by Gasteiger charge is -2.54. The van der Waals surface area contributed by atoms with Crippen LogP contribution >= 0.6 is 11.8 Å². The molecule has 0 spiro atoms. The van der Waals surface area contributed by atoms with Crippen molar-refractivity contribution in [2.75, 3.05) is 31.2 Å². The number of hydrogen-bond acceptors (Lipinski definition) is 5. The molecule has 5 nitrogen and oxygen atoms in total. The second kappa shape index (κ2) is 4.82. The third-order valence-corrected chi connectivity index (χ3v) is 5.20. The van der Waals surface area contributed by atoms with Crippen LogP contribution in [0.4, 0.5) is 4.79 Å². The van der Waals surface area contributed by atoms with Crippen molar-refractivity contribution in [3.8, 4) is 0 Å². The molecule has 2 fully saturated rings. The number of aliphatic hydroxyl groups is 2. The molecule has 6 heteroatoms. The van der Waals surface area contributed by atoms with Gasteiger partial charge >= 0.3 is 6.09 Å². The minimum Gasteiger partial charge on any atom is -0.444 e. The molecule has 1 amide bonds. The van der Waals surface area contributed by atoms with Crippen molar-refractivity contribution >= 4 is 17.9 Å². The third kappa shape index (κ3) is 2.71. The Labute approximate surface area is 118 Å². The highest BCUT2D eigenvalue weighted by Gasteiger charge is 2.59. The zero-order chi connectivity index (χ0) is 14.3. The van der Waals surface area contributed by atoms with Gasteiger partial charge in [-0.1, -0.05) is 0 Å². The largest absolute Gasteiger partial charge is 0.444 e. The summed E-state index contributed by atoms with van der Waals surface area (Å²) in [5.41, 5.74) is -1.96. The number of hydrogen-bond donors (Lipinski definition) is 2. The molecule has 110 valence electrons. The second-order valence-corrected chi connectivity index (χ2v) is 7.71. The van der Waals surface area contributed by atoms with Crippen LogP contribution in [-0.2, 0) is 4.74 Å². The summed E-state index contributed by atoms with van der Waals surface area (Å²) in [6.45, 7) is 5.93. The van der Waals surface area contributed by atoms with Crippen molar-refractivity contribution in [2.24, 2.45) is 5.41 Å². The van der Waals surface area contributed by atoms with Crippen molar-refractivity contribution in [3.05, 3.63) is 0 Å². The van der Waals surface area contributed by atoms with Crippen LogP contribution in [0.3, 0.4) is 0 Å². The number of carbonyl (C=O) groups is 1. The predicted molar refractivity (Wildman–Crippen MR) is 74.2 cm³/mol. The number of amides is 1. The predicted octanol–water partition coefficient (Wildman–Crippen LogP) is 1.08. The molecule has 19 heavy (non-hydrogen) atoms. The van der Waals surface area contributed by atoms with Crippen LogP contribution in [0.1, 0.15) is 27.2 Å². The van der Waals surface area contributed by atoms with Crippen LogP contribution in [0.5, 0.6) is 0 Å². The van der Waals surface area contributed by atoms with E-state index < -0.39 is 22.7 Å². The average molecular weight is 289 g/mol. The van der Waals surface area contributed by atoms with Crippen molar-refractivity contribution < 1.29 is 19.7 Å². The molecule has 0 aliphatic carbocycles. The van der Waals surface area contributed by atoms with Crippen molar-refractivity contribution in [3.63, 3.8) is 0 Å². The van der Waals surface area contributed by atoms with Gasteiger partial charge in [0.05, 0.1) is 19.7 Å². The van der Waals surface area contributed by atoms with E-state index in [-0.39, 0.29) is 19.7 Å². The Morgan fingerprint density at radius 3 is 2.47 bits per heavy atom. The Morgan fingerprint density at radius 2 is 2.05 bits per heavy atom. The zero-order valence-electron chi connectivity index (χ0n) is 11.8. The molecule has 2 aliphatic heterocycles. The molecule has 2 heterocycles. The van der Waals surface area contributed by atoms with Crippen LogP contribution < -0.4 is 0 Å². The molecule has 2 rings (SSSR count). The molecule has 0 aromatic heterocycles. The van der Waals surface area contributed by atoms with E-state index in [1.807, 2.05) is 20.8 Å².